The molecule has 20 heavy (non-hydrogen) atoms. The molecule has 0 radical (unpaired) electrons. The molecule has 2 rings (SSSR count). The van der Waals surface area contributed by atoms with Gasteiger partial charge in [-0.15, -0.1) is 0 Å². The molecular weight excluding hydrogens is 250 g/mol. The Bertz CT molecular complexity index is 538. The molecule has 0 spiro atoms. The fraction of sp³-hybridized carbons (Fsp3) is 0.294. The third-order valence-electron chi connectivity index (χ3n) is 3.18. The molecule has 0 saturated heterocycles. The molecule has 0 bridgehead atoms. The summed E-state index contributed by atoms with van der Waals surface area (Å²) in [5.74, 6) is 0.830. The van der Waals surface area contributed by atoms with Gasteiger partial charge in [0.1, 0.15) is 11.4 Å². The van der Waals surface area contributed by atoms with E-state index in [2.05, 4.69) is 5.32 Å². The number of rotatable bonds is 6. The van der Waals surface area contributed by atoms with Gasteiger partial charge >= 0.3 is 0 Å². The molecule has 2 aromatic rings. The minimum Gasteiger partial charge on any atom is -0.494 e. The molecule has 106 valence electrons. The van der Waals surface area contributed by atoms with Gasteiger partial charge in [-0.2, -0.15) is 0 Å². The fourth-order valence-corrected chi connectivity index (χ4v) is 2.04. The Labute approximate surface area is 120 Å². The second-order valence-electron chi connectivity index (χ2n) is 4.95. The Morgan fingerprint density at radius 1 is 1.10 bits per heavy atom. The van der Waals surface area contributed by atoms with Crippen molar-refractivity contribution in [3.63, 3.8) is 0 Å². The van der Waals surface area contributed by atoms with Gasteiger partial charge in [0.2, 0.25) is 0 Å². The van der Waals surface area contributed by atoms with Crippen LogP contribution in [0, 0.1) is 0 Å². The summed E-state index contributed by atoms with van der Waals surface area (Å²) in [7, 11) is 0. The van der Waals surface area contributed by atoms with Crippen LogP contribution in [0.3, 0.4) is 0 Å². The van der Waals surface area contributed by atoms with Gasteiger partial charge in [0.05, 0.1) is 6.61 Å². The largest absolute Gasteiger partial charge is 0.494 e. The molecule has 1 unspecified atom stereocenters. The average molecular weight is 271 g/mol. The van der Waals surface area contributed by atoms with E-state index < -0.39 is 5.60 Å². The highest BCUT2D eigenvalue weighted by atomic mass is 16.5. The lowest BCUT2D eigenvalue weighted by molar-refractivity contribution is 0.0715. The van der Waals surface area contributed by atoms with Crippen molar-refractivity contribution in [3.05, 3.63) is 60.2 Å². The van der Waals surface area contributed by atoms with Gasteiger partial charge < -0.3 is 15.2 Å². The SMILES string of the molecule is CCOc1cccc(NCC(C)(O)c2ccccc2)c1. The third kappa shape index (κ3) is 3.75. The molecule has 3 heteroatoms. The zero-order chi connectivity index (χ0) is 14.4. The maximum Gasteiger partial charge on any atom is 0.121 e. The first-order chi connectivity index (χ1) is 9.62. The summed E-state index contributed by atoms with van der Waals surface area (Å²) in [6.07, 6.45) is 0. The van der Waals surface area contributed by atoms with Crippen LogP contribution in [0.1, 0.15) is 19.4 Å². The van der Waals surface area contributed by atoms with Gasteiger partial charge in [0, 0.05) is 18.3 Å². The lowest BCUT2D eigenvalue weighted by Gasteiger charge is -2.25. The quantitative estimate of drug-likeness (QED) is 0.846. The van der Waals surface area contributed by atoms with E-state index in [-0.39, 0.29) is 0 Å². The van der Waals surface area contributed by atoms with Crippen molar-refractivity contribution in [1.82, 2.24) is 0 Å². The predicted molar refractivity (Wildman–Crippen MR) is 82.1 cm³/mol. The summed E-state index contributed by atoms with van der Waals surface area (Å²) in [6, 6.07) is 17.4. The summed E-state index contributed by atoms with van der Waals surface area (Å²) in [6.45, 7) is 4.85. The molecular formula is C17H21NO2. The van der Waals surface area contributed by atoms with E-state index in [1.54, 1.807) is 0 Å². The predicted octanol–water partition coefficient (Wildman–Crippen LogP) is 3.40. The van der Waals surface area contributed by atoms with Gasteiger partial charge in [-0.1, -0.05) is 36.4 Å². The van der Waals surface area contributed by atoms with Crippen molar-refractivity contribution in [2.75, 3.05) is 18.5 Å². The molecule has 0 aliphatic rings. The standard InChI is InChI=1S/C17H21NO2/c1-3-20-16-11-7-10-15(12-16)18-13-17(2,19)14-8-5-4-6-9-14/h4-12,18-19H,3,13H2,1-2H3. The van der Waals surface area contributed by atoms with E-state index in [9.17, 15) is 5.11 Å². The number of ether oxygens (including phenoxy) is 1. The van der Waals surface area contributed by atoms with Gasteiger partial charge in [-0.05, 0) is 31.5 Å². The zero-order valence-corrected chi connectivity index (χ0v) is 12.0. The number of aliphatic hydroxyl groups is 1. The van der Waals surface area contributed by atoms with Crippen molar-refractivity contribution in [2.45, 2.75) is 19.4 Å². The lowest BCUT2D eigenvalue weighted by Crippen LogP contribution is -2.30. The molecule has 0 aliphatic carbocycles. The number of nitrogens with one attached hydrogen (secondary N) is 1. The highest BCUT2D eigenvalue weighted by Crippen LogP contribution is 2.22. The first-order valence-electron chi connectivity index (χ1n) is 6.86. The van der Waals surface area contributed by atoms with Crippen molar-refractivity contribution < 1.29 is 9.84 Å². The van der Waals surface area contributed by atoms with Crippen LogP contribution >= 0.6 is 0 Å². The fourth-order valence-electron chi connectivity index (χ4n) is 2.04. The molecule has 0 heterocycles. The Morgan fingerprint density at radius 3 is 2.55 bits per heavy atom. The van der Waals surface area contributed by atoms with Crippen LogP contribution in [-0.4, -0.2) is 18.3 Å². The molecule has 3 nitrogen and oxygen atoms in total. The van der Waals surface area contributed by atoms with Gasteiger partial charge in [0.25, 0.3) is 0 Å². The summed E-state index contributed by atoms with van der Waals surface area (Å²) in [4.78, 5) is 0. The van der Waals surface area contributed by atoms with E-state index in [4.69, 9.17) is 4.74 Å². The van der Waals surface area contributed by atoms with Crippen LogP contribution in [0.4, 0.5) is 5.69 Å². The number of hydrogen-bond donors (Lipinski definition) is 2. The monoisotopic (exact) mass is 271 g/mol. The molecule has 0 saturated carbocycles. The zero-order valence-electron chi connectivity index (χ0n) is 12.0. The minimum absolute atomic E-state index is 0.437. The minimum atomic E-state index is -0.914. The van der Waals surface area contributed by atoms with Crippen molar-refractivity contribution in [3.8, 4) is 5.75 Å². The van der Waals surface area contributed by atoms with Crippen LogP contribution in [0.25, 0.3) is 0 Å². The second kappa shape index (κ2) is 6.44. The summed E-state index contributed by atoms with van der Waals surface area (Å²) in [5.41, 5.74) is 0.920. The topological polar surface area (TPSA) is 41.5 Å². The van der Waals surface area contributed by atoms with Crippen LogP contribution in [0.15, 0.2) is 54.6 Å². The van der Waals surface area contributed by atoms with Crippen LogP contribution in [0.2, 0.25) is 0 Å². The van der Waals surface area contributed by atoms with Crippen LogP contribution in [-0.2, 0) is 5.60 Å². The van der Waals surface area contributed by atoms with E-state index in [1.807, 2.05) is 68.4 Å². The first kappa shape index (κ1) is 14.4. The maximum absolute atomic E-state index is 10.5. The lowest BCUT2D eigenvalue weighted by atomic mass is 9.96. The Kier molecular flexibility index (Phi) is 4.64. The van der Waals surface area contributed by atoms with Gasteiger partial charge in [-0.25, -0.2) is 0 Å². The Morgan fingerprint density at radius 2 is 1.85 bits per heavy atom. The highest BCUT2D eigenvalue weighted by Gasteiger charge is 2.22. The van der Waals surface area contributed by atoms with Crippen molar-refractivity contribution >= 4 is 5.69 Å². The second-order valence-corrected chi connectivity index (χ2v) is 4.95. The highest BCUT2D eigenvalue weighted by molar-refractivity contribution is 5.48. The van der Waals surface area contributed by atoms with E-state index in [0.717, 1.165) is 17.0 Å². The van der Waals surface area contributed by atoms with Crippen LogP contribution in [0.5, 0.6) is 5.75 Å². The number of hydrogen-bond acceptors (Lipinski definition) is 3. The van der Waals surface area contributed by atoms with E-state index in [0.29, 0.717) is 13.2 Å². The normalized spacial score (nSPS) is 13.6. The van der Waals surface area contributed by atoms with E-state index >= 15 is 0 Å². The Balaban J connectivity index is 2.02. The van der Waals surface area contributed by atoms with Gasteiger partial charge in [0.15, 0.2) is 0 Å². The van der Waals surface area contributed by atoms with Gasteiger partial charge in [-0.3, -0.25) is 0 Å². The Hall–Kier alpha value is -2.00. The number of benzene rings is 2. The first-order valence-corrected chi connectivity index (χ1v) is 6.86. The maximum atomic E-state index is 10.5. The molecule has 2 aromatic carbocycles. The summed E-state index contributed by atoms with van der Waals surface area (Å²) < 4.78 is 5.46. The summed E-state index contributed by atoms with van der Waals surface area (Å²) in [5, 5.41) is 13.8. The van der Waals surface area contributed by atoms with E-state index in [1.165, 1.54) is 0 Å². The molecule has 1 atom stereocenters. The molecule has 2 N–H and O–H groups in total. The number of anilines is 1. The molecule has 0 amide bonds. The van der Waals surface area contributed by atoms with Crippen molar-refractivity contribution in [2.24, 2.45) is 0 Å². The molecule has 0 fully saturated rings. The van der Waals surface area contributed by atoms with Crippen molar-refractivity contribution in [1.29, 1.82) is 0 Å². The smallest absolute Gasteiger partial charge is 0.121 e. The third-order valence-corrected chi connectivity index (χ3v) is 3.18. The molecule has 0 aliphatic heterocycles. The average Bonchev–Trinajstić information content (AvgIpc) is 2.47. The van der Waals surface area contributed by atoms with Crippen LogP contribution < -0.4 is 10.1 Å². The molecule has 0 aromatic heterocycles. The summed E-state index contributed by atoms with van der Waals surface area (Å²) >= 11 is 0.